The normalized spacial score (nSPS) is 13.4. The first-order chi connectivity index (χ1) is 12.7. The Hall–Kier alpha value is -2.42. The van der Waals surface area contributed by atoms with Gasteiger partial charge in [-0.2, -0.15) is 5.10 Å². The van der Waals surface area contributed by atoms with Crippen molar-refractivity contribution in [1.29, 1.82) is 0 Å². The lowest BCUT2D eigenvalue weighted by atomic mass is 10.3. The van der Waals surface area contributed by atoms with E-state index in [1.807, 2.05) is 0 Å². The van der Waals surface area contributed by atoms with Crippen LogP contribution in [0.2, 0.25) is 0 Å². The summed E-state index contributed by atoms with van der Waals surface area (Å²) in [4.78, 5) is 32.2. The molecule has 0 unspecified atom stereocenters. The zero-order valence-corrected chi connectivity index (χ0v) is 15.5. The minimum atomic E-state index is -0.168. The van der Waals surface area contributed by atoms with Crippen LogP contribution in [0.5, 0.6) is 0 Å². The van der Waals surface area contributed by atoms with E-state index in [2.05, 4.69) is 32.6 Å². The van der Waals surface area contributed by atoms with Gasteiger partial charge >= 0.3 is 0 Å². The predicted molar refractivity (Wildman–Crippen MR) is 98.3 cm³/mol. The van der Waals surface area contributed by atoms with Crippen molar-refractivity contribution in [3.63, 3.8) is 0 Å². The Kier molecular flexibility index (Phi) is 6.21. The lowest BCUT2D eigenvalue weighted by molar-refractivity contribution is -0.118. The molecular weight excluding hydrogens is 352 g/mol. The zero-order valence-electron chi connectivity index (χ0n) is 14.6. The van der Waals surface area contributed by atoms with E-state index in [4.69, 9.17) is 0 Å². The molecule has 9 heteroatoms. The number of hydrogen-bond acceptors (Lipinski definition) is 6. The van der Waals surface area contributed by atoms with Crippen LogP contribution in [-0.4, -0.2) is 49.9 Å². The molecule has 0 aliphatic heterocycles. The first-order valence-electron chi connectivity index (χ1n) is 8.74. The molecule has 0 atom stereocenters. The molecule has 0 spiro atoms. The number of carbonyl (C=O) groups excluding carboxylic acids is 2. The Morgan fingerprint density at radius 1 is 1.35 bits per heavy atom. The standard InChI is InChI=1S/C17H22N6O2S/c1-2-3-7-18-15(24)10-26-16-9-14(19-11-20-16)23-8-6-13(22-23)17(25)21-12-4-5-12/h6,8-9,11-12H,2-5,7,10H2,1H3,(H,18,24)(H,21,25). The Bertz CT molecular complexity index is 774. The summed E-state index contributed by atoms with van der Waals surface area (Å²) in [7, 11) is 0. The molecule has 3 rings (SSSR count). The Morgan fingerprint density at radius 2 is 2.19 bits per heavy atom. The molecule has 1 saturated carbocycles. The quantitative estimate of drug-likeness (QED) is 0.392. The molecule has 2 aromatic rings. The van der Waals surface area contributed by atoms with Crippen molar-refractivity contribution < 1.29 is 9.59 Å². The maximum absolute atomic E-state index is 12.0. The third kappa shape index (κ3) is 5.29. The summed E-state index contributed by atoms with van der Waals surface area (Å²) in [6.45, 7) is 2.78. The van der Waals surface area contributed by atoms with Gasteiger partial charge in [-0.15, -0.1) is 0 Å². The van der Waals surface area contributed by atoms with E-state index in [1.54, 1.807) is 18.3 Å². The summed E-state index contributed by atoms with van der Waals surface area (Å²) in [6, 6.07) is 3.70. The van der Waals surface area contributed by atoms with Gasteiger partial charge in [-0.3, -0.25) is 9.59 Å². The summed E-state index contributed by atoms with van der Waals surface area (Å²) >= 11 is 1.34. The molecule has 1 aliphatic carbocycles. The van der Waals surface area contributed by atoms with Gasteiger partial charge in [-0.1, -0.05) is 25.1 Å². The SMILES string of the molecule is CCCCNC(=O)CSc1cc(-n2ccc(C(=O)NC3CC3)n2)ncn1. The predicted octanol–water partition coefficient (Wildman–Crippen LogP) is 1.56. The van der Waals surface area contributed by atoms with Crippen LogP contribution in [0.15, 0.2) is 29.7 Å². The maximum atomic E-state index is 12.0. The smallest absolute Gasteiger partial charge is 0.272 e. The number of nitrogens with zero attached hydrogens (tertiary/aromatic N) is 4. The fourth-order valence-electron chi connectivity index (χ4n) is 2.19. The summed E-state index contributed by atoms with van der Waals surface area (Å²) in [6.07, 6.45) is 7.21. The second-order valence-electron chi connectivity index (χ2n) is 6.10. The monoisotopic (exact) mass is 374 g/mol. The van der Waals surface area contributed by atoms with E-state index < -0.39 is 0 Å². The van der Waals surface area contributed by atoms with Crippen LogP contribution in [0, 0.1) is 0 Å². The first kappa shape index (κ1) is 18.4. The van der Waals surface area contributed by atoms with Gasteiger partial charge in [-0.05, 0) is 25.3 Å². The van der Waals surface area contributed by atoms with Crippen molar-refractivity contribution >= 4 is 23.6 Å². The Labute approximate surface area is 156 Å². The Balaban J connectivity index is 1.57. The van der Waals surface area contributed by atoms with E-state index in [1.165, 1.54) is 22.8 Å². The topological polar surface area (TPSA) is 102 Å². The molecule has 2 N–H and O–H groups in total. The van der Waals surface area contributed by atoms with Crippen molar-refractivity contribution in [2.75, 3.05) is 12.3 Å². The molecule has 1 aliphatic rings. The fourth-order valence-corrected chi connectivity index (χ4v) is 2.88. The number of carbonyl (C=O) groups is 2. The number of hydrogen-bond donors (Lipinski definition) is 2. The van der Waals surface area contributed by atoms with Crippen LogP contribution >= 0.6 is 11.8 Å². The molecule has 0 aromatic carbocycles. The summed E-state index contributed by atoms with van der Waals surface area (Å²) in [5.41, 5.74) is 0.361. The average Bonchev–Trinajstić information content (AvgIpc) is 3.32. The van der Waals surface area contributed by atoms with Crippen molar-refractivity contribution in [2.45, 2.75) is 43.7 Å². The van der Waals surface area contributed by atoms with Crippen molar-refractivity contribution in [2.24, 2.45) is 0 Å². The van der Waals surface area contributed by atoms with Gasteiger partial charge in [0, 0.05) is 24.8 Å². The van der Waals surface area contributed by atoms with Crippen LogP contribution in [0.25, 0.3) is 5.82 Å². The maximum Gasteiger partial charge on any atom is 0.272 e. The summed E-state index contributed by atoms with van der Waals surface area (Å²) < 4.78 is 1.54. The lowest BCUT2D eigenvalue weighted by Gasteiger charge is -2.05. The van der Waals surface area contributed by atoms with Crippen LogP contribution in [0.3, 0.4) is 0 Å². The van der Waals surface area contributed by atoms with Crippen LogP contribution in [-0.2, 0) is 4.79 Å². The highest BCUT2D eigenvalue weighted by atomic mass is 32.2. The highest BCUT2D eigenvalue weighted by molar-refractivity contribution is 7.99. The van der Waals surface area contributed by atoms with Crippen LogP contribution in [0.1, 0.15) is 43.1 Å². The molecule has 2 heterocycles. The number of rotatable bonds is 9. The van der Waals surface area contributed by atoms with Crippen LogP contribution in [0.4, 0.5) is 0 Å². The zero-order chi connectivity index (χ0) is 18.4. The van der Waals surface area contributed by atoms with Gasteiger partial charge in [0.15, 0.2) is 11.5 Å². The van der Waals surface area contributed by atoms with E-state index >= 15 is 0 Å². The summed E-state index contributed by atoms with van der Waals surface area (Å²) in [5, 5.41) is 10.7. The van der Waals surface area contributed by atoms with Gasteiger partial charge in [0.1, 0.15) is 11.4 Å². The van der Waals surface area contributed by atoms with Gasteiger partial charge < -0.3 is 10.6 Å². The molecule has 0 saturated heterocycles. The second kappa shape index (κ2) is 8.79. The molecule has 8 nitrogen and oxygen atoms in total. The lowest BCUT2D eigenvalue weighted by Crippen LogP contribution is -2.26. The second-order valence-corrected chi connectivity index (χ2v) is 7.10. The largest absolute Gasteiger partial charge is 0.355 e. The molecule has 1 fully saturated rings. The van der Waals surface area contributed by atoms with E-state index in [0.29, 0.717) is 28.8 Å². The van der Waals surface area contributed by atoms with Gasteiger partial charge in [0.05, 0.1) is 5.75 Å². The first-order valence-corrected chi connectivity index (χ1v) is 9.72. The minimum Gasteiger partial charge on any atom is -0.355 e. The molecular formula is C17H22N6O2S. The van der Waals surface area contributed by atoms with Crippen molar-refractivity contribution in [3.05, 3.63) is 30.4 Å². The number of amides is 2. The number of thioether (sulfide) groups is 1. The van der Waals surface area contributed by atoms with E-state index in [9.17, 15) is 9.59 Å². The Morgan fingerprint density at radius 3 is 2.96 bits per heavy atom. The number of aromatic nitrogens is 4. The van der Waals surface area contributed by atoms with E-state index in [0.717, 1.165) is 25.7 Å². The molecule has 0 bridgehead atoms. The minimum absolute atomic E-state index is 0.0123. The average molecular weight is 374 g/mol. The summed E-state index contributed by atoms with van der Waals surface area (Å²) in [5.74, 6) is 0.675. The molecule has 0 radical (unpaired) electrons. The number of unbranched alkanes of at least 4 members (excludes halogenated alkanes) is 1. The van der Waals surface area contributed by atoms with Gasteiger partial charge in [-0.25, -0.2) is 14.6 Å². The molecule has 2 aromatic heterocycles. The van der Waals surface area contributed by atoms with Crippen LogP contribution < -0.4 is 10.6 Å². The highest BCUT2D eigenvalue weighted by Gasteiger charge is 2.24. The van der Waals surface area contributed by atoms with Gasteiger partial charge in [0.2, 0.25) is 5.91 Å². The van der Waals surface area contributed by atoms with E-state index in [-0.39, 0.29) is 17.9 Å². The third-order valence-electron chi connectivity index (χ3n) is 3.80. The molecule has 2 amide bonds. The van der Waals surface area contributed by atoms with Gasteiger partial charge in [0.25, 0.3) is 5.91 Å². The molecule has 138 valence electrons. The fraction of sp³-hybridized carbons (Fsp3) is 0.471. The highest BCUT2D eigenvalue weighted by Crippen LogP contribution is 2.19. The van der Waals surface area contributed by atoms with Crippen molar-refractivity contribution in [3.8, 4) is 5.82 Å². The number of nitrogens with one attached hydrogen (secondary N) is 2. The van der Waals surface area contributed by atoms with Crippen molar-refractivity contribution in [1.82, 2.24) is 30.4 Å². The third-order valence-corrected chi connectivity index (χ3v) is 4.73. The molecule has 26 heavy (non-hydrogen) atoms.